The first-order chi connectivity index (χ1) is 7.20. The lowest BCUT2D eigenvalue weighted by atomic mass is 9.92. The number of aryl methyl sites for hydroxylation is 1. The van der Waals surface area contributed by atoms with Gasteiger partial charge in [-0.2, -0.15) is 5.10 Å². The predicted octanol–water partition coefficient (Wildman–Crippen LogP) is 1.04. The number of rotatable bonds is 2. The number of nitrogens with two attached hydrogens (primary N) is 1. The molecule has 3 unspecified atom stereocenters. The highest BCUT2D eigenvalue weighted by Crippen LogP contribution is 2.24. The molecule has 1 saturated heterocycles. The fraction of sp³-hybridized carbons (Fsp3) is 0.727. The fourth-order valence-corrected chi connectivity index (χ4v) is 2.13. The SMILES string of the molecule is CCn1cc(C2CCC(N)C(C)N2)cn1. The number of nitrogens with one attached hydrogen (secondary N) is 1. The second kappa shape index (κ2) is 4.33. The summed E-state index contributed by atoms with van der Waals surface area (Å²) in [5.74, 6) is 0. The Kier molecular flexibility index (Phi) is 3.07. The van der Waals surface area contributed by atoms with Crippen molar-refractivity contribution in [3.05, 3.63) is 18.0 Å². The third kappa shape index (κ3) is 2.21. The molecule has 3 N–H and O–H groups in total. The maximum atomic E-state index is 5.97. The first-order valence-corrected chi connectivity index (χ1v) is 5.74. The molecule has 2 heterocycles. The van der Waals surface area contributed by atoms with Gasteiger partial charge in [-0.05, 0) is 26.7 Å². The number of nitrogens with zero attached hydrogens (tertiary/aromatic N) is 2. The van der Waals surface area contributed by atoms with E-state index in [1.165, 1.54) is 5.56 Å². The Morgan fingerprint density at radius 3 is 3.00 bits per heavy atom. The molecular weight excluding hydrogens is 188 g/mol. The Bertz CT molecular complexity index is 320. The van der Waals surface area contributed by atoms with Gasteiger partial charge in [0.15, 0.2) is 0 Å². The van der Waals surface area contributed by atoms with E-state index in [4.69, 9.17) is 5.73 Å². The highest BCUT2D eigenvalue weighted by Gasteiger charge is 2.25. The lowest BCUT2D eigenvalue weighted by Gasteiger charge is -2.33. The van der Waals surface area contributed by atoms with Crippen molar-refractivity contribution in [2.24, 2.45) is 5.73 Å². The van der Waals surface area contributed by atoms with Gasteiger partial charge in [-0.15, -0.1) is 0 Å². The quantitative estimate of drug-likeness (QED) is 0.763. The normalized spacial score (nSPS) is 31.8. The zero-order chi connectivity index (χ0) is 10.8. The Balaban J connectivity index is 2.05. The molecule has 1 aliphatic rings. The zero-order valence-electron chi connectivity index (χ0n) is 9.48. The molecule has 0 amide bonds. The Morgan fingerprint density at radius 1 is 1.60 bits per heavy atom. The van der Waals surface area contributed by atoms with Crippen molar-refractivity contribution >= 4 is 0 Å². The Labute approximate surface area is 90.8 Å². The van der Waals surface area contributed by atoms with Crippen LogP contribution in [0.25, 0.3) is 0 Å². The molecule has 0 aliphatic carbocycles. The van der Waals surface area contributed by atoms with Crippen molar-refractivity contribution in [1.29, 1.82) is 0 Å². The fourth-order valence-electron chi connectivity index (χ4n) is 2.13. The van der Waals surface area contributed by atoms with E-state index in [0.717, 1.165) is 19.4 Å². The zero-order valence-corrected chi connectivity index (χ0v) is 9.48. The molecule has 3 atom stereocenters. The van der Waals surface area contributed by atoms with E-state index in [1.54, 1.807) is 0 Å². The smallest absolute Gasteiger partial charge is 0.0537 e. The minimum Gasteiger partial charge on any atom is -0.326 e. The van der Waals surface area contributed by atoms with Crippen LogP contribution in [-0.4, -0.2) is 21.9 Å². The van der Waals surface area contributed by atoms with Gasteiger partial charge in [-0.25, -0.2) is 0 Å². The van der Waals surface area contributed by atoms with Gasteiger partial charge in [0.25, 0.3) is 0 Å². The first kappa shape index (κ1) is 10.6. The molecule has 2 rings (SSSR count). The molecule has 0 radical (unpaired) electrons. The average Bonchev–Trinajstić information content (AvgIpc) is 2.70. The summed E-state index contributed by atoms with van der Waals surface area (Å²) >= 11 is 0. The maximum absolute atomic E-state index is 5.97. The minimum atomic E-state index is 0.294. The summed E-state index contributed by atoms with van der Waals surface area (Å²) in [5, 5.41) is 7.84. The summed E-state index contributed by atoms with van der Waals surface area (Å²) in [6.45, 7) is 5.19. The van der Waals surface area contributed by atoms with Gasteiger partial charge in [0, 0.05) is 36.4 Å². The van der Waals surface area contributed by atoms with E-state index < -0.39 is 0 Å². The van der Waals surface area contributed by atoms with Crippen LogP contribution in [0.5, 0.6) is 0 Å². The van der Waals surface area contributed by atoms with Gasteiger partial charge >= 0.3 is 0 Å². The van der Waals surface area contributed by atoms with Crippen LogP contribution in [-0.2, 0) is 6.54 Å². The lowest BCUT2D eigenvalue weighted by molar-refractivity contribution is 0.303. The van der Waals surface area contributed by atoms with Crippen LogP contribution < -0.4 is 11.1 Å². The van der Waals surface area contributed by atoms with Crippen LogP contribution in [0.2, 0.25) is 0 Å². The van der Waals surface area contributed by atoms with Crippen molar-refractivity contribution in [2.75, 3.05) is 0 Å². The highest BCUT2D eigenvalue weighted by atomic mass is 15.3. The Morgan fingerprint density at radius 2 is 2.40 bits per heavy atom. The number of piperidine rings is 1. The first-order valence-electron chi connectivity index (χ1n) is 5.74. The van der Waals surface area contributed by atoms with Gasteiger partial charge in [-0.1, -0.05) is 0 Å². The van der Waals surface area contributed by atoms with E-state index in [2.05, 4.69) is 30.5 Å². The average molecular weight is 208 g/mol. The topological polar surface area (TPSA) is 55.9 Å². The molecule has 1 aliphatic heterocycles. The Hall–Kier alpha value is -0.870. The monoisotopic (exact) mass is 208 g/mol. The summed E-state index contributed by atoms with van der Waals surface area (Å²) in [6, 6.07) is 1.12. The van der Waals surface area contributed by atoms with Crippen LogP contribution in [0.3, 0.4) is 0 Å². The number of hydrogen-bond acceptors (Lipinski definition) is 3. The number of aromatic nitrogens is 2. The molecule has 0 aromatic carbocycles. The second-order valence-corrected chi connectivity index (χ2v) is 4.38. The molecule has 0 saturated carbocycles. The van der Waals surface area contributed by atoms with Crippen LogP contribution in [0, 0.1) is 0 Å². The van der Waals surface area contributed by atoms with Crippen molar-refractivity contribution < 1.29 is 0 Å². The van der Waals surface area contributed by atoms with E-state index in [1.807, 2.05) is 10.9 Å². The predicted molar refractivity (Wildman–Crippen MR) is 60.4 cm³/mol. The maximum Gasteiger partial charge on any atom is 0.0537 e. The molecule has 1 fully saturated rings. The van der Waals surface area contributed by atoms with Gasteiger partial charge in [0.2, 0.25) is 0 Å². The van der Waals surface area contributed by atoms with Gasteiger partial charge < -0.3 is 11.1 Å². The molecule has 1 aromatic rings. The van der Waals surface area contributed by atoms with Gasteiger partial charge in [0.1, 0.15) is 0 Å². The van der Waals surface area contributed by atoms with Crippen molar-refractivity contribution in [3.8, 4) is 0 Å². The highest BCUT2D eigenvalue weighted by molar-refractivity contribution is 5.12. The summed E-state index contributed by atoms with van der Waals surface area (Å²) in [4.78, 5) is 0. The third-order valence-electron chi connectivity index (χ3n) is 3.27. The number of hydrogen-bond donors (Lipinski definition) is 2. The third-order valence-corrected chi connectivity index (χ3v) is 3.27. The minimum absolute atomic E-state index is 0.294. The van der Waals surface area contributed by atoms with E-state index in [9.17, 15) is 0 Å². The molecule has 84 valence electrons. The van der Waals surface area contributed by atoms with Gasteiger partial charge in [-0.3, -0.25) is 4.68 Å². The van der Waals surface area contributed by atoms with E-state index in [0.29, 0.717) is 18.1 Å². The van der Waals surface area contributed by atoms with E-state index in [-0.39, 0.29) is 0 Å². The van der Waals surface area contributed by atoms with Crippen molar-refractivity contribution in [2.45, 2.75) is 51.4 Å². The summed E-state index contributed by atoms with van der Waals surface area (Å²) in [7, 11) is 0. The molecule has 15 heavy (non-hydrogen) atoms. The largest absolute Gasteiger partial charge is 0.326 e. The van der Waals surface area contributed by atoms with Crippen molar-refractivity contribution in [1.82, 2.24) is 15.1 Å². The summed E-state index contributed by atoms with van der Waals surface area (Å²) in [6.07, 6.45) is 6.29. The van der Waals surface area contributed by atoms with Crippen molar-refractivity contribution in [3.63, 3.8) is 0 Å². The van der Waals surface area contributed by atoms with Crippen LogP contribution in [0.15, 0.2) is 12.4 Å². The second-order valence-electron chi connectivity index (χ2n) is 4.38. The van der Waals surface area contributed by atoms with Crippen LogP contribution in [0.1, 0.15) is 38.3 Å². The lowest BCUT2D eigenvalue weighted by Crippen LogP contribution is -2.48. The summed E-state index contributed by atoms with van der Waals surface area (Å²) < 4.78 is 1.97. The van der Waals surface area contributed by atoms with Gasteiger partial charge in [0.05, 0.1) is 6.20 Å². The van der Waals surface area contributed by atoms with Crippen LogP contribution in [0.4, 0.5) is 0 Å². The van der Waals surface area contributed by atoms with E-state index >= 15 is 0 Å². The molecule has 4 nitrogen and oxygen atoms in total. The molecule has 1 aromatic heterocycles. The van der Waals surface area contributed by atoms with Crippen LogP contribution >= 0.6 is 0 Å². The molecule has 0 bridgehead atoms. The summed E-state index contributed by atoms with van der Waals surface area (Å²) in [5.41, 5.74) is 7.25. The standard InChI is InChI=1S/C11H20N4/c1-3-15-7-9(6-13-15)11-5-4-10(12)8(2)14-11/h6-8,10-11,14H,3-5,12H2,1-2H3. The molecule has 4 heteroatoms. The molecular formula is C11H20N4. The molecule has 0 spiro atoms.